The van der Waals surface area contributed by atoms with Gasteiger partial charge in [-0.2, -0.15) is 0 Å². The van der Waals surface area contributed by atoms with Crippen LogP contribution in [0.4, 0.5) is 0 Å². The Kier molecular flexibility index (Phi) is 4.18. The Morgan fingerprint density at radius 3 is 2.33 bits per heavy atom. The zero-order valence-electron chi connectivity index (χ0n) is 12.4. The summed E-state index contributed by atoms with van der Waals surface area (Å²) < 4.78 is 5.79. The highest BCUT2D eigenvalue weighted by Gasteiger charge is 2.23. The van der Waals surface area contributed by atoms with E-state index < -0.39 is 0 Å². The van der Waals surface area contributed by atoms with Crippen molar-refractivity contribution in [3.63, 3.8) is 0 Å². The van der Waals surface area contributed by atoms with Crippen LogP contribution < -0.4 is 10.1 Å². The third-order valence-corrected chi connectivity index (χ3v) is 4.27. The molecular formula is C18H20ClNO. The lowest BCUT2D eigenvalue weighted by atomic mass is 9.98. The lowest BCUT2D eigenvalue weighted by Crippen LogP contribution is -2.17. The molecule has 0 saturated heterocycles. The second-order valence-corrected chi connectivity index (χ2v) is 6.02. The molecule has 1 aliphatic rings. The van der Waals surface area contributed by atoms with Gasteiger partial charge in [0.2, 0.25) is 0 Å². The molecule has 1 aliphatic carbocycles. The summed E-state index contributed by atoms with van der Waals surface area (Å²) in [4.78, 5) is 0. The lowest BCUT2D eigenvalue weighted by molar-refractivity contribution is 0.303. The first-order valence-corrected chi connectivity index (χ1v) is 7.75. The van der Waals surface area contributed by atoms with Gasteiger partial charge in [-0.15, -0.1) is 0 Å². The molecule has 0 aromatic heterocycles. The standard InChI is InChI=1S/C18H20ClNO/c1-12-3-4-14(11-17(12)19)18(20-2)13-5-7-15(8-6-13)21-16-9-10-16/h3-8,11,16,18,20H,9-10H2,1-2H3. The predicted molar refractivity (Wildman–Crippen MR) is 87.2 cm³/mol. The van der Waals surface area contributed by atoms with Crippen LogP contribution in [0.3, 0.4) is 0 Å². The lowest BCUT2D eigenvalue weighted by Gasteiger charge is -2.18. The van der Waals surface area contributed by atoms with E-state index in [1.807, 2.05) is 32.2 Å². The van der Waals surface area contributed by atoms with Crippen LogP contribution in [-0.4, -0.2) is 13.2 Å². The summed E-state index contributed by atoms with van der Waals surface area (Å²) in [5.41, 5.74) is 3.48. The highest BCUT2D eigenvalue weighted by molar-refractivity contribution is 6.31. The number of nitrogens with one attached hydrogen (secondary N) is 1. The van der Waals surface area contributed by atoms with Crippen molar-refractivity contribution in [3.8, 4) is 5.75 Å². The summed E-state index contributed by atoms with van der Waals surface area (Å²) in [5.74, 6) is 0.957. The van der Waals surface area contributed by atoms with Crippen LogP contribution in [0, 0.1) is 6.92 Å². The van der Waals surface area contributed by atoms with Gasteiger partial charge in [-0.05, 0) is 61.7 Å². The number of ether oxygens (including phenoxy) is 1. The summed E-state index contributed by atoms with van der Waals surface area (Å²) in [7, 11) is 1.97. The van der Waals surface area contributed by atoms with E-state index in [4.69, 9.17) is 16.3 Å². The van der Waals surface area contributed by atoms with Crippen molar-refractivity contribution in [1.82, 2.24) is 5.32 Å². The van der Waals surface area contributed by atoms with Crippen molar-refractivity contribution in [2.24, 2.45) is 0 Å². The minimum absolute atomic E-state index is 0.137. The Balaban J connectivity index is 1.82. The first-order chi connectivity index (χ1) is 10.2. The minimum atomic E-state index is 0.137. The average molecular weight is 302 g/mol. The van der Waals surface area contributed by atoms with E-state index in [0.717, 1.165) is 16.3 Å². The smallest absolute Gasteiger partial charge is 0.119 e. The molecule has 0 aliphatic heterocycles. The van der Waals surface area contributed by atoms with Crippen molar-refractivity contribution < 1.29 is 4.74 Å². The second-order valence-electron chi connectivity index (χ2n) is 5.62. The van der Waals surface area contributed by atoms with Gasteiger partial charge >= 0.3 is 0 Å². The van der Waals surface area contributed by atoms with Crippen LogP contribution in [0.15, 0.2) is 42.5 Å². The number of benzene rings is 2. The maximum absolute atomic E-state index is 6.24. The number of rotatable bonds is 5. The first kappa shape index (κ1) is 14.4. The molecule has 21 heavy (non-hydrogen) atoms. The van der Waals surface area contributed by atoms with Gasteiger partial charge in [0.1, 0.15) is 5.75 Å². The Hall–Kier alpha value is -1.51. The predicted octanol–water partition coefficient (Wildman–Crippen LogP) is 4.50. The Morgan fingerprint density at radius 2 is 1.76 bits per heavy atom. The third-order valence-electron chi connectivity index (χ3n) is 3.86. The summed E-state index contributed by atoms with van der Waals surface area (Å²) in [6.07, 6.45) is 2.80. The molecule has 0 radical (unpaired) electrons. The quantitative estimate of drug-likeness (QED) is 0.878. The maximum atomic E-state index is 6.24. The van der Waals surface area contributed by atoms with Gasteiger partial charge in [-0.1, -0.05) is 35.9 Å². The van der Waals surface area contributed by atoms with Crippen molar-refractivity contribution >= 4 is 11.6 Å². The summed E-state index contributed by atoms with van der Waals surface area (Å²) >= 11 is 6.24. The Morgan fingerprint density at radius 1 is 1.10 bits per heavy atom. The zero-order valence-corrected chi connectivity index (χ0v) is 13.2. The molecule has 0 spiro atoms. The highest BCUT2D eigenvalue weighted by atomic mass is 35.5. The van der Waals surface area contributed by atoms with Gasteiger partial charge < -0.3 is 10.1 Å². The molecule has 2 aromatic carbocycles. The summed E-state index contributed by atoms with van der Waals surface area (Å²) in [6, 6.07) is 14.7. The van der Waals surface area contributed by atoms with Crippen molar-refractivity contribution in [1.29, 1.82) is 0 Å². The van der Waals surface area contributed by atoms with Gasteiger partial charge in [0, 0.05) is 5.02 Å². The molecule has 2 nitrogen and oxygen atoms in total. The normalized spacial score (nSPS) is 15.8. The van der Waals surface area contributed by atoms with Crippen LogP contribution in [0.2, 0.25) is 5.02 Å². The molecule has 0 heterocycles. The van der Waals surface area contributed by atoms with Crippen LogP contribution >= 0.6 is 11.6 Å². The molecule has 2 aromatic rings. The fraction of sp³-hybridized carbons (Fsp3) is 0.333. The van der Waals surface area contributed by atoms with Crippen molar-refractivity contribution in [2.45, 2.75) is 31.9 Å². The van der Waals surface area contributed by atoms with Gasteiger partial charge in [0.25, 0.3) is 0 Å². The average Bonchev–Trinajstić information content (AvgIpc) is 3.29. The molecule has 3 heteroatoms. The van der Waals surface area contributed by atoms with Crippen LogP contribution in [0.1, 0.15) is 35.6 Å². The molecular weight excluding hydrogens is 282 g/mol. The van der Waals surface area contributed by atoms with Crippen molar-refractivity contribution in [2.75, 3.05) is 7.05 Å². The number of halogens is 1. The molecule has 110 valence electrons. The van der Waals surface area contributed by atoms with Crippen LogP contribution in [-0.2, 0) is 0 Å². The molecule has 1 unspecified atom stereocenters. The topological polar surface area (TPSA) is 21.3 Å². The van der Waals surface area contributed by atoms with Gasteiger partial charge in [-0.3, -0.25) is 0 Å². The fourth-order valence-corrected chi connectivity index (χ4v) is 2.62. The van der Waals surface area contributed by atoms with Crippen LogP contribution in [0.5, 0.6) is 5.75 Å². The zero-order chi connectivity index (χ0) is 14.8. The van der Waals surface area contributed by atoms with E-state index in [1.54, 1.807) is 0 Å². The van der Waals surface area contributed by atoms with Crippen molar-refractivity contribution in [3.05, 3.63) is 64.2 Å². The monoisotopic (exact) mass is 301 g/mol. The first-order valence-electron chi connectivity index (χ1n) is 7.37. The molecule has 1 saturated carbocycles. The van der Waals surface area contributed by atoms with E-state index in [0.29, 0.717) is 6.10 Å². The third kappa shape index (κ3) is 3.39. The molecule has 3 rings (SSSR count). The van der Waals surface area contributed by atoms with Gasteiger partial charge in [0.15, 0.2) is 0 Å². The molecule has 1 atom stereocenters. The molecule has 0 amide bonds. The van der Waals surface area contributed by atoms with Gasteiger partial charge in [-0.25, -0.2) is 0 Å². The van der Waals surface area contributed by atoms with E-state index in [1.165, 1.54) is 24.0 Å². The minimum Gasteiger partial charge on any atom is -0.490 e. The van der Waals surface area contributed by atoms with E-state index >= 15 is 0 Å². The molecule has 0 bridgehead atoms. The van der Waals surface area contributed by atoms with E-state index in [2.05, 4.69) is 29.6 Å². The molecule has 1 N–H and O–H groups in total. The fourth-order valence-electron chi connectivity index (χ4n) is 2.43. The summed E-state index contributed by atoms with van der Waals surface area (Å²) in [6.45, 7) is 2.02. The SMILES string of the molecule is CNC(c1ccc(OC2CC2)cc1)c1ccc(C)c(Cl)c1. The van der Waals surface area contributed by atoms with E-state index in [-0.39, 0.29) is 6.04 Å². The van der Waals surface area contributed by atoms with Crippen LogP contribution in [0.25, 0.3) is 0 Å². The second kappa shape index (κ2) is 6.08. The molecule has 1 fully saturated rings. The Labute approximate surface area is 131 Å². The highest BCUT2D eigenvalue weighted by Crippen LogP contribution is 2.30. The number of hydrogen-bond acceptors (Lipinski definition) is 2. The van der Waals surface area contributed by atoms with Gasteiger partial charge in [0.05, 0.1) is 12.1 Å². The Bertz CT molecular complexity index is 620. The summed E-state index contributed by atoms with van der Waals surface area (Å²) in [5, 5.41) is 4.16. The largest absolute Gasteiger partial charge is 0.490 e. The maximum Gasteiger partial charge on any atom is 0.119 e. The number of hydrogen-bond donors (Lipinski definition) is 1. The number of aryl methyl sites for hydroxylation is 1. The van der Waals surface area contributed by atoms with E-state index in [9.17, 15) is 0 Å².